The molecule has 3 nitrogen and oxygen atoms in total. The van der Waals surface area contributed by atoms with E-state index in [1.165, 1.54) is 0 Å². The Bertz CT molecular complexity index is 593. The summed E-state index contributed by atoms with van der Waals surface area (Å²) < 4.78 is 0.683. The predicted octanol–water partition coefficient (Wildman–Crippen LogP) is 4.66. The lowest BCUT2D eigenvalue weighted by atomic mass is 9.96. The van der Waals surface area contributed by atoms with E-state index in [2.05, 4.69) is 69.0 Å². The van der Waals surface area contributed by atoms with Gasteiger partial charge in [-0.05, 0) is 46.3 Å². The van der Waals surface area contributed by atoms with Crippen LogP contribution in [0.1, 0.15) is 0 Å². The quantitative estimate of drug-likeness (QED) is 0.547. The average molecular weight is 531 g/mol. The van der Waals surface area contributed by atoms with Gasteiger partial charge in [-0.2, -0.15) is 0 Å². The predicted molar refractivity (Wildman–Crippen MR) is 94.2 cm³/mol. The van der Waals surface area contributed by atoms with Crippen LogP contribution in [0.15, 0.2) is 49.9 Å². The molecule has 1 aromatic carbocycles. The molecule has 1 amide bonds. The number of alkyl halides is 1. The topological polar surface area (TPSA) is 49.3 Å². The van der Waals surface area contributed by atoms with E-state index < -0.39 is 10.4 Å². The molecule has 20 heavy (non-hydrogen) atoms. The van der Waals surface area contributed by atoms with Crippen molar-refractivity contribution in [2.24, 2.45) is 5.92 Å². The normalized spacial score (nSPS) is 25.8. The molecule has 0 spiro atoms. The van der Waals surface area contributed by atoms with Crippen LogP contribution >= 0.6 is 63.7 Å². The number of nitrogens with one attached hydrogen (secondary N) is 1. The highest BCUT2D eigenvalue weighted by Crippen LogP contribution is 2.43. The maximum absolute atomic E-state index is 12.3. The summed E-state index contributed by atoms with van der Waals surface area (Å²) in [6.45, 7) is 0. The summed E-state index contributed by atoms with van der Waals surface area (Å²) in [5.74, 6) is -1.08. The first-order valence-electron chi connectivity index (χ1n) is 5.53. The second kappa shape index (κ2) is 6.44. The van der Waals surface area contributed by atoms with E-state index in [1.807, 2.05) is 12.1 Å². The number of hydrogen-bond acceptors (Lipinski definition) is 2. The highest BCUT2D eigenvalue weighted by molar-refractivity contribution is 9.14. The van der Waals surface area contributed by atoms with Crippen molar-refractivity contribution in [2.45, 2.75) is 4.51 Å². The molecule has 0 aliphatic heterocycles. The van der Waals surface area contributed by atoms with E-state index in [-0.39, 0.29) is 5.91 Å². The van der Waals surface area contributed by atoms with Gasteiger partial charge in [0.15, 0.2) is 4.51 Å². The zero-order valence-corrected chi connectivity index (χ0v) is 16.3. The highest BCUT2D eigenvalue weighted by Gasteiger charge is 2.42. The number of halogens is 4. The lowest BCUT2D eigenvalue weighted by molar-refractivity contribution is -0.121. The third-order valence-electron chi connectivity index (χ3n) is 2.73. The van der Waals surface area contributed by atoms with E-state index in [0.29, 0.717) is 10.2 Å². The molecule has 2 rings (SSSR count). The molecule has 7 heteroatoms. The van der Waals surface area contributed by atoms with Crippen LogP contribution in [0.4, 0.5) is 5.69 Å². The summed E-state index contributed by atoms with van der Waals surface area (Å²) in [4.78, 5) is 12.3. The monoisotopic (exact) mass is 527 g/mol. The van der Waals surface area contributed by atoms with E-state index in [4.69, 9.17) is 0 Å². The van der Waals surface area contributed by atoms with Crippen LogP contribution in [0.3, 0.4) is 0 Å². The maximum atomic E-state index is 12.3. The molecule has 2 unspecified atom stereocenters. The van der Waals surface area contributed by atoms with Gasteiger partial charge in [-0.25, -0.2) is 0 Å². The molecule has 0 aromatic heterocycles. The lowest BCUT2D eigenvalue weighted by Crippen LogP contribution is -2.40. The number of amides is 1. The number of carbonyl (C=O) groups is 1. The molecular weight excluding hydrogens is 522 g/mol. The molecule has 1 aliphatic carbocycles. The molecule has 106 valence electrons. The lowest BCUT2D eigenvalue weighted by Gasteiger charge is -2.31. The third kappa shape index (κ3) is 3.62. The van der Waals surface area contributed by atoms with Crippen LogP contribution < -0.4 is 5.32 Å². The highest BCUT2D eigenvalue weighted by atomic mass is 79.9. The number of hydrogen-bond donors (Lipinski definition) is 2. The Morgan fingerprint density at radius 3 is 2.40 bits per heavy atom. The second-order valence-electron chi connectivity index (χ2n) is 4.19. The minimum Gasteiger partial charge on any atom is -0.373 e. The SMILES string of the molecule is O=C(Nc1ccc(Br)cc1)C1C=C(Br)C=C(Br)C1(O)Br. The van der Waals surface area contributed by atoms with Crippen molar-refractivity contribution in [3.63, 3.8) is 0 Å². The standard InChI is InChI=1S/C13H9Br4NO2/c14-7-1-3-9(4-2-7)18-12(19)10-5-8(15)6-11(16)13(10,17)20/h1-6,10,20H,(H,18,19). The zero-order chi connectivity index (χ0) is 14.9. The van der Waals surface area contributed by atoms with Crippen LogP contribution in [0, 0.1) is 5.92 Å². The summed E-state index contributed by atoms with van der Waals surface area (Å²) in [7, 11) is 0. The molecule has 0 fully saturated rings. The van der Waals surface area contributed by atoms with Gasteiger partial charge in [0, 0.05) is 19.1 Å². The minimum absolute atomic E-state index is 0.311. The molecule has 2 N–H and O–H groups in total. The molecule has 0 radical (unpaired) electrons. The molecule has 0 saturated carbocycles. The fraction of sp³-hybridized carbons (Fsp3) is 0.154. The molecule has 1 aliphatic rings. The van der Waals surface area contributed by atoms with Gasteiger partial charge in [0.05, 0.1) is 0 Å². The van der Waals surface area contributed by atoms with E-state index in [9.17, 15) is 9.90 Å². The van der Waals surface area contributed by atoms with Crippen molar-refractivity contribution in [1.82, 2.24) is 0 Å². The van der Waals surface area contributed by atoms with Gasteiger partial charge in [-0.15, -0.1) is 0 Å². The van der Waals surface area contributed by atoms with Crippen molar-refractivity contribution >= 4 is 75.3 Å². The molecule has 0 heterocycles. The zero-order valence-electron chi connectivity index (χ0n) is 9.91. The first-order chi connectivity index (χ1) is 9.30. The van der Waals surface area contributed by atoms with E-state index in [0.717, 1.165) is 8.96 Å². The summed E-state index contributed by atoms with van der Waals surface area (Å²) in [6.07, 6.45) is 3.34. The van der Waals surface area contributed by atoms with Crippen LogP contribution in [-0.2, 0) is 4.79 Å². The summed E-state index contributed by atoms with van der Waals surface area (Å²) >= 11 is 13.1. The van der Waals surface area contributed by atoms with Gasteiger partial charge in [0.25, 0.3) is 0 Å². The first-order valence-corrected chi connectivity index (χ1v) is 8.70. The average Bonchev–Trinajstić information content (AvgIpc) is 2.37. The van der Waals surface area contributed by atoms with Crippen molar-refractivity contribution in [3.8, 4) is 0 Å². The van der Waals surface area contributed by atoms with Gasteiger partial charge < -0.3 is 10.4 Å². The van der Waals surface area contributed by atoms with E-state index in [1.54, 1.807) is 24.3 Å². The number of benzene rings is 1. The van der Waals surface area contributed by atoms with Crippen LogP contribution in [0.5, 0.6) is 0 Å². The van der Waals surface area contributed by atoms with Gasteiger partial charge in [-0.3, -0.25) is 4.79 Å². The van der Waals surface area contributed by atoms with Crippen LogP contribution in [0.2, 0.25) is 0 Å². The molecule has 2 atom stereocenters. The second-order valence-corrected chi connectivity index (χ2v) is 8.09. The largest absolute Gasteiger partial charge is 0.373 e. The third-order valence-corrected chi connectivity index (χ3v) is 6.04. The Balaban J connectivity index is 2.20. The van der Waals surface area contributed by atoms with Crippen molar-refractivity contribution in [3.05, 3.63) is 49.9 Å². The Morgan fingerprint density at radius 1 is 1.20 bits per heavy atom. The fourth-order valence-electron chi connectivity index (χ4n) is 1.69. The minimum atomic E-state index is -1.45. The van der Waals surface area contributed by atoms with Crippen molar-refractivity contribution in [1.29, 1.82) is 0 Å². The summed E-state index contributed by atoms with van der Waals surface area (Å²) in [6, 6.07) is 7.22. The maximum Gasteiger partial charge on any atom is 0.235 e. The number of rotatable bonds is 2. The Labute approximate surface area is 150 Å². The Hall–Kier alpha value is 0.0500. The Kier molecular flexibility index (Phi) is 5.29. The van der Waals surface area contributed by atoms with Crippen molar-refractivity contribution in [2.75, 3.05) is 5.32 Å². The van der Waals surface area contributed by atoms with Crippen LogP contribution in [0.25, 0.3) is 0 Å². The van der Waals surface area contributed by atoms with Crippen molar-refractivity contribution < 1.29 is 9.90 Å². The van der Waals surface area contributed by atoms with Crippen LogP contribution in [-0.4, -0.2) is 15.5 Å². The number of anilines is 1. The number of allylic oxidation sites excluding steroid dienone is 2. The van der Waals surface area contributed by atoms with Gasteiger partial charge in [0.2, 0.25) is 5.91 Å². The molecule has 0 bridgehead atoms. The first kappa shape index (κ1) is 16.4. The molecular formula is C13H9Br4NO2. The number of carbonyl (C=O) groups excluding carboxylic acids is 1. The van der Waals surface area contributed by atoms with Gasteiger partial charge in [0.1, 0.15) is 5.92 Å². The smallest absolute Gasteiger partial charge is 0.235 e. The Morgan fingerprint density at radius 2 is 1.80 bits per heavy atom. The summed E-state index contributed by atoms with van der Waals surface area (Å²) in [5.41, 5.74) is 0.664. The number of aliphatic hydroxyl groups is 1. The molecule has 1 aromatic rings. The summed E-state index contributed by atoms with van der Waals surface area (Å²) in [5, 5.41) is 13.2. The van der Waals surface area contributed by atoms with Gasteiger partial charge >= 0.3 is 0 Å². The van der Waals surface area contributed by atoms with Gasteiger partial charge in [-0.1, -0.05) is 53.9 Å². The molecule has 0 saturated heterocycles. The van der Waals surface area contributed by atoms with E-state index >= 15 is 0 Å². The fourth-order valence-corrected chi connectivity index (χ4v) is 3.70.